The Morgan fingerprint density at radius 2 is 0.596 bits per heavy atom. The third-order valence-electron chi connectivity index (χ3n) is 18.4. The largest absolute Gasteiger partial charge is 0.472 e. The predicted molar refractivity (Wildman–Crippen MR) is 404 cm³/mol. The Morgan fingerprint density at radius 3 is 0.899 bits per heavy atom. The summed E-state index contributed by atoms with van der Waals surface area (Å²) >= 11 is 0. The fourth-order valence-electron chi connectivity index (χ4n) is 11.7. The summed E-state index contributed by atoms with van der Waals surface area (Å²) in [7, 11) is -9.93. The van der Waals surface area contributed by atoms with E-state index in [0.717, 1.165) is 127 Å². The summed E-state index contributed by atoms with van der Waals surface area (Å²) in [5, 5.41) is 10.6. The lowest BCUT2D eigenvalue weighted by atomic mass is 9.99. The molecule has 0 aromatic rings. The smallest absolute Gasteiger partial charge is 0.462 e. The number of esters is 4. The highest BCUT2D eigenvalue weighted by Crippen LogP contribution is 2.45. The molecule has 3 unspecified atom stereocenters. The number of aliphatic hydroxyl groups excluding tert-OH is 1. The molecule has 0 bridgehead atoms. The summed E-state index contributed by atoms with van der Waals surface area (Å²) in [6.07, 6.45) is 60.4. The SMILES string of the molecule is CCCCCC/C=C\C=C/CCCCCCCC(=O)OC[C@H](COP(=O)(O)OC[C@@H](O)COP(=O)(O)OC[C@@H](COC(=O)CCCCCCCCCCC(C)CC)OC(=O)CCCCCCCCCCCCC(C)C)OC(=O)CCCCCCCCCCCCCCCCCCC(C)C. The van der Waals surface area contributed by atoms with E-state index >= 15 is 0 Å². The molecule has 0 fully saturated rings. The fourth-order valence-corrected chi connectivity index (χ4v) is 13.3. The van der Waals surface area contributed by atoms with Gasteiger partial charge in [0.15, 0.2) is 12.2 Å². The van der Waals surface area contributed by atoms with Gasteiger partial charge in [0.25, 0.3) is 0 Å². The highest BCUT2D eigenvalue weighted by atomic mass is 31.2. The summed E-state index contributed by atoms with van der Waals surface area (Å²) in [6, 6.07) is 0. The van der Waals surface area contributed by atoms with Crippen LogP contribution in [0.5, 0.6) is 0 Å². The molecule has 3 N–H and O–H groups in total. The lowest BCUT2D eigenvalue weighted by molar-refractivity contribution is -0.161. The molecule has 584 valence electrons. The Hall–Kier alpha value is -2.46. The molecule has 99 heavy (non-hydrogen) atoms. The number of hydrogen-bond acceptors (Lipinski definition) is 15. The first kappa shape index (κ1) is 96.5. The molecule has 0 spiro atoms. The second-order valence-electron chi connectivity index (χ2n) is 29.3. The lowest BCUT2D eigenvalue weighted by Gasteiger charge is -2.21. The maximum absolute atomic E-state index is 13.1. The van der Waals surface area contributed by atoms with Gasteiger partial charge in [-0.15, -0.1) is 0 Å². The number of ether oxygens (including phenoxy) is 4. The summed E-state index contributed by atoms with van der Waals surface area (Å²) in [6.45, 7) is 11.9. The molecule has 17 nitrogen and oxygen atoms in total. The number of phosphoric ester groups is 2. The van der Waals surface area contributed by atoms with Crippen molar-refractivity contribution in [3.05, 3.63) is 24.3 Å². The number of hydrogen-bond donors (Lipinski definition) is 3. The Kier molecular flexibility index (Phi) is 68.1. The topological polar surface area (TPSA) is 237 Å². The minimum absolute atomic E-state index is 0.101. The first-order valence-corrected chi connectivity index (χ1v) is 43.7. The van der Waals surface area contributed by atoms with E-state index < -0.39 is 97.5 Å². The van der Waals surface area contributed by atoms with Gasteiger partial charge in [0.05, 0.1) is 26.4 Å². The summed E-state index contributed by atoms with van der Waals surface area (Å²) in [5.41, 5.74) is 0. The molecule has 0 rings (SSSR count). The highest BCUT2D eigenvalue weighted by molar-refractivity contribution is 7.47. The molecule has 19 heteroatoms. The van der Waals surface area contributed by atoms with Crippen molar-refractivity contribution in [3.63, 3.8) is 0 Å². The summed E-state index contributed by atoms with van der Waals surface area (Å²) in [4.78, 5) is 73.0. The molecule has 0 saturated heterocycles. The van der Waals surface area contributed by atoms with E-state index in [-0.39, 0.29) is 25.7 Å². The molecule has 6 atom stereocenters. The van der Waals surface area contributed by atoms with Crippen molar-refractivity contribution in [2.24, 2.45) is 17.8 Å². The van der Waals surface area contributed by atoms with Crippen molar-refractivity contribution >= 4 is 39.5 Å². The van der Waals surface area contributed by atoms with Crippen LogP contribution in [0.25, 0.3) is 0 Å². The number of rotatable bonds is 76. The number of phosphoric acid groups is 2. The lowest BCUT2D eigenvalue weighted by Crippen LogP contribution is -2.30. The van der Waals surface area contributed by atoms with Crippen LogP contribution in [0.4, 0.5) is 0 Å². The van der Waals surface area contributed by atoms with Gasteiger partial charge in [0.1, 0.15) is 19.3 Å². The minimum atomic E-state index is -4.97. The molecule has 0 aromatic heterocycles. The van der Waals surface area contributed by atoms with E-state index in [1.165, 1.54) is 180 Å². The minimum Gasteiger partial charge on any atom is -0.462 e. The highest BCUT2D eigenvalue weighted by Gasteiger charge is 2.30. The maximum Gasteiger partial charge on any atom is 0.472 e. The molecule has 0 amide bonds. The van der Waals surface area contributed by atoms with Crippen molar-refractivity contribution in [2.45, 2.75) is 407 Å². The fraction of sp³-hybridized carbons (Fsp3) is 0.900. The molecule has 0 heterocycles. The quantitative estimate of drug-likeness (QED) is 0.0169. The second kappa shape index (κ2) is 69.9. The summed E-state index contributed by atoms with van der Waals surface area (Å²) in [5.74, 6) is 0.191. The van der Waals surface area contributed by atoms with Gasteiger partial charge >= 0.3 is 39.5 Å². The second-order valence-corrected chi connectivity index (χ2v) is 32.2. The van der Waals surface area contributed by atoms with Crippen molar-refractivity contribution in [1.29, 1.82) is 0 Å². The van der Waals surface area contributed by atoms with Gasteiger partial charge in [-0.2, -0.15) is 0 Å². The van der Waals surface area contributed by atoms with Gasteiger partial charge in [-0.05, 0) is 69.1 Å². The third kappa shape index (κ3) is 72.3. The number of allylic oxidation sites excluding steroid dienone is 4. The van der Waals surface area contributed by atoms with Gasteiger partial charge in [-0.25, -0.2) is 9.13 Å². The van der Waals surface area contributed by atoms with E-state index in [4.69, 9.17) is 37.0 Å². The standard InChI is InChI=1S/C80H152O17P2/c1-8-10-11-12-13-14-15-16-19-23-26-32-40-47-54-61-77(82)90-67-75(96-79(84)63-56-49-42-33-27-24-21-18-17-20-22-25-30-37-44-51-58-71(3)4)69-94-98(86,87)92-65-74(81)66-93-99(88,89)95-70-76(68-91-78(83)62-55-48-41-36-35-39-46-53-60-73(7)9-2)97-80(85)64-57-50-43-34-29-28-31-38-45-52-59-72(5)6/h14-16,19,71-76,81H,8-13,17-18,20-70H2,1-7H3,(H,86,87)(H,88,89)/b15-14-,19-16-/t73?,74-,75-,76-/m1/s1. The summed E-state index contributed by atoms with van der Waals surface area (Å²) < 4.78 is 68.6. The average molecular weight is 1450 g/mol. The zero-order valence-electron chi connectivity index (χ0n) is 64.4. The first-order chi connectivity index (χ1) is 47.8. The predicted octanol–water partition coefficient (Wildman–Crippen LogP) is 23.3. The van der Waals surface area contributed by atoms with Gasteiger partial charge < -0.3 is 33.8 Å². The van der Waals surface area contributed by atoms with Gasteiger partial charge in [0, 0.05) is 25.7 Å². The zero-order chi connectivity index (χ0) is 73.0. The molecular weight excluding hydrogens is 1290 g/mol. The first-order valence-electron chi connectivity index (χ1n) is 40.7. The van der Waals surface area contributed by atoms with E-state index in [0.29, 0.717) is 25.7 Å². The average Bonchev–Trinajstić information content (AvgIpc) is 0.997. The van der Waals surface area contributed by atoms with E-state index in [2.05, 4.69) is 72.8 Å². The molecule has 0 aliphatic heterocycles. The van der Waals surface area contributed by atoms with Crippen LogP contribution < -0.4 is 0 Å². The Bertz CT molecular complexity index is 2020. The van der Waals surface area contributed by atoms with E-state index in [9.17, 15) is 43.2 Å². The van der Waals surface area contributed by atoms with Gasteiger partial charge in [-0.3, -0.25) is 37.3 Å². The van der Waals surface area contributed by atoms with Crippen LogP contribution in [0.15, 0.2) is 24.3 Å². The Balaban J connectivity index is 5.29. The number of unbranched alkanes of at least 4 members (excludes halogenated alkanes) is 40. The monoisotopic (exact) mass is 1450 g/mol. The van der Waals surface area contributed by atoms with Crippen LogP contribution >= 0.6 is 15.6 Å². The van der Waals surface area contributed by atoms with Crippen molar-refractivity contribution < 1.29 is 80.2 Å². The number of carbonyl (C=O) groups excluding carboxylic acids is 4. The third-order valence-corrected chi connectivity index (χ3v) is 20.3. The number of aliphatic hydroxyl groups is 1. The maximum atomic E-state index is 13.1. The molecule has 0 aromatic carbocycles. The number of carbonyl (C=O) groups is 4. The molecule has 0 aliphatic carbocycles. The van der Waals surface area contributed by atoms with Gasteiger partial charge in [-0.1, -0.05) is 336 Å². The van der Waals surface area contributed by atoms with Crippen LogP contribution in [0, 0.1) is 17.8 Å². The molecule has 0 radical (unpaired) electrons. The van der Waals surface area contributed by atoms with Crippen molar-refractivity contribution in [2.75, 3.05) is 39.6 Å². The van der Waals surface area contributed by atoms with Crippen LogP contribution in [-0.2, 0) is 65.4 Å². The van der Waals surface area contributed by atoms with E-state index in [1.807, 2.05) is 0 Å². The normalized spacial score (nSPS) is 14.4. The van der Waals surface area contributed by atoms with Crippen molar-refractivity contribution in [1.82, 2.24) is 0 Å². The van der Waals surface area contributed by atoms with Crippen LogP contribution in [0.2, 0.25) is 0 Å². The zero-order valence-corrected chi connectivity index (χ0v) is 66.2. The van der Waals surface area contributed by atoms with Crippen LogP contribution in [0.3, 0.4) is 0 Å². The van der Waals surface area contributed by atoms with Gasteiger partial charge in [0.2, 0.25) is 0 Å². The Morgan fingerprint density at radius 1 is 0.333 bits per heavy atom. The molecule has 0 aliphatic rings. The van der Waals surface area contributed by atoms with Crippen molar-refractivity contribution in [3.8, 4) is 0 Å². The van der Waals surface area contributed by atoms with E-state index in [1.54, 1.807) is 0 Å². The molecule has 0 saturated carbocycles. The van der Waals surface area contributed by atoms with Crippen LogP contribution in [-0.4, -0.2) is 96.7 Å². The van der Waals surface area contributed by atoms with Crippen LogP contribution in [0.1, 0.15) is 389 Å². The molecular formula is C80H152O17P2. The Labute approximate surface area is 605 Å².